The first kappa shape index (κ1) is 30.0. The molecule has 0 saturated heterocycles. The van der Waals surface area contributed by atoms with Crippen molar-refractivity contribution in [3.63, 3.8) is 0 Å². The summed E-state index contributed by atoms with van der Waals surface area (Å²) in [6.07, 6.45) is 0.906. The number of hydrogen-bond donors (Lipinski definition) is 0. The van der Waals surface area contributed by atoms with Crippen LogP contribution in [-0.2, 0) is 0 Å². The Morgan fingerprint density at radius 3 is 1.10 bits per heavy atom. The summed E-state index contributed by atoms with van der Waals surface area (Å²) >= 11 is 0. The minimum absolute atomic E-state index is 0.238. The molecular weight excluding hydrogens is 416 g/mol. The zero-order chi connectivity index (χ0) is 24.6. The first-order chi connectivity index (χ1) is 14.0. The van der Waals surface area contributed by atoms with Gasteiger partial charge in [0.25, 0.3) is 0 Å². The van der Waals surface area contributed by atoms with Crippen molar-refractivity contribution in [3.8, 4) is 0 Å². The molecule has 0 saturated carbocycles. The first-order valence-electron chi connectivity index (χ1n) is 12.1. The van der Waals surface area contributed by atoms with Gasteiger partial charge in [0.2, 0.25) is 0 Å². The van der Waals surface area contributed by atoms with E-state index >= 15 is 0 Å². The molecule has 0 heterocycles. The molecule has 184 valence electrons. The van der Waals surface area contributed by atoms with Crippen molar-refractivity contribution in [2.24, 2.45) is 9.98 Å². The Morgan fingerprint density at radius 1 is 0.613 bits per heavy atom. The lowest BCUT2D eigenvalue weighted by molar-refractivity contribution is 0.498. The van der Waals surface area contributed by atoms with Gasteiger partial charge in [0.1, 0.15) is 0 Å². The van der Waals surface area contributed by atoms with Crippen molar-refractivity contribution in [3.05, 3.63) is 10.6 Å². The topological polar surface area (TPSA) is 59.4 Å². The molecule has 6 nitrogen and oxygen atoms in total. The van der Waals surface area contributed by atoms with Crippen LogP contribution in [0, 0.1) is 0 Å². The van der Waals surface area contributed by atoms with Gasteiger partial charge in [0, 0.05) is 11.9 Å². The molecule has 0 amide bonds. The fourth-order valence-corrected chi connectivity index (χ4v) is 8.42. The lowest BCUT2D eigenvalue weighted by atomic mass is 10.3. The SMILES string of the molecule is CC(C)N=C([N-]CCC[N-]C(=NC(C)C)N(C(C)C)[Si](C)(C)C)N(C(C)C)[Si](C)(C)C. The number of guanidine groups is 2. The molecule has 0 aromatic rings. The predicted molar refractivity (Wildman–Crippen MR) is 147 cm³/mol. The minimum Gasteiger partial charge on any atom is -0.436 e. The van der Waals surface area contributed by atoms with Crippen LogP contribution in [0.3, 0.4) is 0 Å². The van der Waals surface area contributed by atoms with E-state index in [0.717, 1.165) is 31.4 Å². The van der Waals surface area contributed by atoms with E-state index in [1.807, 2.05) is 0 Å². The highest BCUT2D eigenvalue weighted by molar-refractivity contribution is 6.76. The average Bonchev–Trinajstić information content (AvgIpc) is 2.49. The fourth-order valence-electron chi connectivity index (χ4n) is 3.86. The van der Waals surface area contributed by atoms with Gasteiger partial charge >= 0.3 is 0 Å². The molecule has 0 aromatic carbocycles. The van der Waals surface area contributed by atoms with E-state index in [2.05, 4.69) is 104 Å². The largest absolute Gasteiger partial charge is 0.436 e. The molecule has 0 aliphatic rings. The van der Waals surface area contributed by atoms with E-state index < -0.39 is 16.5 Å². The van der Waals surface area contributed by atoms with Crippen molar-refractivity contribution < 1.29 is 0 Å². The molecule has 0 aromatic heterocycles. The lowest BCUT2D eigenvalue weighted by Gasteiger charge is -2.48. The molecule has 0 spiro atoms. The van der Waals surface area contributed by atoms with Crippen LogP contribution in [0.15, 0.2) is 9.98 Å². The van der Waals surface area contributed by atoms with E-state index in [1.165, 1.54) is 0 Å². The maximum absolute atomic E-state index is 4.94. The smallest absolute Gasteiger partial charge is 0.0810 e. The van der Waals surface area contributed by atoms with Crippen LogP contribution in [0.2, 0.25) is 39.3 Å². The average molecular weight is 469 g/mol. The van der Waals surface area contributed by atoms with E-state index in [1.54, 1.807) is 0 Å². The Balaban J connectivity index is 5.21. The summed E-state index contributed by atoms with van der Waals surface area (Å²) in [6, 6.07) is 1.28. The minimum atomic E-state index is -1.57. The Bertz CT molecular complexity index is 522. The van der Waals surface area contributed by atoms with E-state index in [0.29, 0.717) is 12.1 Å². The quantitative estimate of drug-likeness (QED) is 0.154. The van der Waals surface area contributed by atoms with Crippen LogP contribution < -0.4 is 0 Å². The number of hydrogen-bond acceptors (Lipinski definition) is 2. The zero-order valence-corrected chi connectivity index (χ0v) is 25.1. The Labute approximate surface area is 196 Å². The predicted octanol–water partition coefficient (Wildman–Crippen LogP) is 6.74. The second-order valence-electron chi connectivity index (χ2n) is 11.4. The van der Waals surface area contributed by atoms with Gasteiger partial charge in [0.05, 0.1) is 16.5 Å². The molecule has 0 unspecified atom stereocenters. The standard InChI is InChI=1S/C23H52N6Si2/c1-18(2)26-22(28(20(5)6)30(9,10)11)24-16-15-17-25-23(27-19(3)4)29(21(7)8)31(12,13)14/h18-21H,15-17H2,1-14H3/q-2. The maximum atomic E-state index is 4.94. The van der Waals surface area contributed by atoms with Crippen molar-refractivity contribution in [1.82, 2.24) is 9.13 Å². The Kier molecular flexibility index (Phi) is 12.4. The molecular formula is C23H52N6Si2-2. The second-order valence-corrected chi connectivity index (χ2v) is 21.1. The molecule has 0 aliphatic heterocycles. The third-order valence-corrected chi connectivity index (χ3v) is 8.80. The van der Waals surface area contributed by atoms with Gasteiger partial charge in [-0.2, -0.15) is 0 Å². The van der Waals surface area contributed by atoms with E-state index in [4.69, 9.17) is 20.6 Å². The molecule has 0 atom stereocenters. The second kappa shape index (κ2) is 12.9. The van der Waals surface area contributed by atoms with Crippen LogP contribution >= 0.6 is 0 Å². The summed E-state index contributed by atoms with van der Waals surface area (Å²) in [5, 5.41) is 9.89. The number of nitrogens with zero attached hydrogens (tertiary/aromatic N) is 6. The van der Waals surface area contributed by atoms with Crippen LogP contribution in [0.5, 0.6) is 0 Å². The third-order valence-electron chi connectivity index (χ3n) is 4.48. The molecule has 0 aliphatic carbocycles. The maximum Gasteiger partial charge on any atom is 0.0810 e. The Hall–Kier alpha value is -1.03. The summed E-state index contributed by atoms with van der Waals surface area (Å²) in [4.78, 5) is 9.75. The molecule has 8 heteroatoms. The van der Waals surface area contributed by atoms with Crippen molar-refractivity contribution in [1.29, 1.82) is 0 Å². The molecule has 0 rings (SSSR count). The molecule has 0 N–H and O–H groups in total. The summed E-state index contributed by atoms with van der Waals surface area (Å²) in [5.41, 5.74) is 0. The van der Waals surface area contributed by atoms with Gasteiger partial charge in [-0.25, -0.2) is 0 Å². The summed E-state index contributed by atoms with van der Waals surface area (Å²) in [7, 11) is -3.14. The van der Waals surface area contributed by atoms with Crippen LogP contribution in [-0.4, -0.2) is 74.8 Å². The molecule has 0 fully saturated rings. The third kappa shape index (κ3) is 11.4. The van der Waals surface area contributed by atoms with Crippen LogP contribution in [0.1, 0.15) is 61.8 Å². The van der Waals surface area contributed by atoms with Crippen molar-refractivity contribution in [2.75, 3.05) is 13.1 Å². The lowest BCUT2D eigenvalue weighted by Crippen LogP contribution is -2.53. The molecule has 0 bridgehead atoms. The zero-order valence-electron chi connectivity index (χ0n) is 23.1. The molecule has 31 heavy (non-hydrogen) atoms. The van der Waals surface area contributed by atoms with E-state index in [-0.39, 0.29) is 12.1 Å². The van der Waals surface area contributed by atoms with Gasteiger partial charge in [-0.3, -0.25) is 0 Å². The highest BCUT2D eigenvalue weighted by Crippen LogP contribution is 2.20. The molecule has 0 radical (unpaired) electrons. The van der Waals surface area contributed by atoms with Crippen LogP contribution in [0.4, 0.5) is 0 Å². The van der Waals surface area contributed by atoms with Crippen molar-refractivity contribution in [2.45, 2.75) is 125 Å². The summed E-state index contributed by atoms with van der Waals surface area (Å²) in [6.45, 7) is 33.1. The van der Waals surface area contributed by atoms with Gasteiger partial charge in [-0.1, -0.05) is 94.7 Å². The Morgan fingerprint density at radius 2 is 0.903 bits per heavy atom. The monoisotopic (exact) mass is 468 g/mol. The van der Waals surface area contributed by atoms with Gasteiger partial charge in [-0.15, -0.1) is 0 Å². The van der Waals surface area contributed by atoms with E-state index in [9.17, 15) is 0 Å². The van der Waals surface area contributed by atoms with Crippen LogP contribution in [0.25, 0.3) is 10.6 Å². The highest BCUT2D eigenvalue weighted by Gasteiger charge is 2.24. The summed E-state index contributed by atoms with van der Waals surface area (Å²) in [5.74, 6) is 1.84. The van der Waals surface area contributed by atoms with Gasteiger partial charge in [-0.05, 0) is 43.7 Å². The number of rotatable bonds is 10. The number of aliphatic imine (C=N–C) groups is 2. The highest BCUT2D eigenvalue weighted by atomic mass is 28.3. The van der Waals surface area contributed by atoms with Gasteiger partial charge < -0.3 is 29.7 Å². The normalized spacial score (nSPS) is 14.1. The first-order valence-corrected chi connectivity index (χ1v) is 19.0. The van der Waals surface area contributed by atoms with Gasteiger partial charge in [0.15, 0.2) is 0 Å². The summed E-state index contributed by atoms with van der Waals surface area (Å²) < 4.78 is 4.92. The van der Waals surface area contributed by atoms with Crippen molar-refractivity contribution >= 4 is 28.4 Å². The fraction of sp³-hybridized carbons (Fsp3) is 0.913.